The van der Waals surface area contributed by atoms with Crippen LogP contribution in [0.2, 0.25) is 0 Å². The Balaban J connectivity index is 1.68. The second-order valence-electron chi connectivity index (χ2n) is 5.38. The predicted molar refractivity (Wildman–Crippen MR) is 68.5 cm³/mol. The van der Waals surface area contributed by atoms with Gasteiger partial charge in [-0.2, -0.15) is 0 Å². The summed E-state index contributed by atoms with van der Waals surface area (Å²) in [5.41, 5.74) is 5.74. The standard InChI is InChI=1S/C13H23N3O/c1-16-6-4-10(5-7-16)9-15-13(17)11-2-3-12(14)8-11/h2-3,10-12H,4-9,14H2,1H3,(H,15,17). The number of carbonyl (C=O) groups is 1. The van der Waals surface area contributed by atoms with Crippen molar-refractivity contribution >= 4 is 5.91 Å². The fraction of sp³-hybridized carbons (Fsp3) is 0.769. The van der Waals surface area contributed by atoms with Gasteiger partial charge in [-0.3, -0.25) is 4.79 Å². The van der Waals surface area contributed by atoms with Crippen LogP contribution in [0.15, 0.2) is 12.2 Å². The van der Waals surface area contributed by atoms with Gasteiger partial charge in [0.25, 0.3) is 0 Å². The zero-order chi connectivity index (χ0) is 12.3. The average molecular weight is 237 g/mol. The molecule has 2 rings (SSSR count). The average Bonchev–Trinajstić information content (AvgIpc) is 2.75. The summed E-state index contributed by atoms with van der Waals surface area (Å²) in [5, 5.41) is 3.07. The number of amides is 1. The zero-order valence-electron chi connectivity index (χ0n) is 10.6. The molecule has 0 spiro atoms. The quantitative estimate of drug-likeness (QED) is 0.696. The Morgan fingerprint density at radius 1 is 1.41 bits per heavy atom. The molecule has 17 heavy (non-hydrogen) atoms. The Kier molecular flexibility index (Phi) is 4.18. The van der Waals surface area contributed by atoms with Crippen LogP contribution in [0.25, 0.3) is 0 Å². The Morgan fingerprint density at radius 2 is 2.12 bits per heavy atom. The van der Waals surface area contributed by atoms with Gasteiger partial charge >= 0.3 is 0 Å². The number of nitrogens with one attached hydrogen (secondary N) is 1. The summed E-state index contributed by atoms with van der Waals surface area (Å²) >= 11 is 0. The van der Waals surface area contributed by atoms with E-state index < -0.39 is 0 Å². The van der Waals surface area contributed by atoms with Crippen LogP contribution in [0, 0.1) is 11.8 Å². The van der Waals surface area contributed by atoms with Gasteiger partial charge in [-0.25, -0.2) is 0 Å². The third-order valence-electron chi connectivity index (χ3n) is 3.86. The van der Waals surface area contributed by atoms with E-state index in [-0.39, 0.29) is 17.9 Å². The highest BCUT2D eigenvalue weighted by molar-refractivity contribution is 5.81. The third-order valence-corrected chi connectivity index (χ3v) is 3.86. The van der Waals surface area contributed by atoms with Crippen molar-refractivity contribution in [3.63, 3.8) is 0 Å². The molecule has 2 atom stereocenters. The molecule has 0 aromatic rings. The number of rotatable bonds is 3. The number of hydrogen-bond acceptors (Lipinski definition) is 3. The first-order valence-corrected chi connectivity index (χ1v) is 6.55. The smallest absolute Gasteiger partial charge is 0.227 e. The second kappa shape index (κ2) is 5.65. The second-order valence-corrected chi connectivity index (χ2v) is 5.38. The van der Waals surface area contributed by atoms with Crippen molar-refractivity contribution in [1.29, 1.82) is 0 Å². The molecule has 0 saturated carbocycles. The summed E-state index contributed by atoms with van der Waals surface area (Å²) in [7, 11) is 2.15. The highest BCUT2D eigenvalue weighted by atomic mass is 16.1. The van der Waals surface area contributed by atoms with Crippen molar-refractivity contribution in [3.05, 3.63) is 12.2 Å². The maximum absolute atomic E-state index is 11.9. The lowest BCUT2D eigenvalue weighted by Crippen LogP contribution is -2.38. The summed E-state index contributed by atoms with van der Waals surface area (Å²) in [6, 6.07) is 0.0640. The molecule has 4 nitrogen and oxygen atoms in total. The molecule has 0 aromatic heterocycles. The number of likely N-dealkylation sites (tertiary alicyclic amines) is 1. The van der Waals surface area contributed by atoms with Crippen molar-refractivity contribution in [2.75, 3.05) is 26.7 Å². The number of carbonyl (C=O) groups excluding carboxylic acids is 1. The maximum Gasteiger partial charge on any atom is 0.227 e. The van der Waals surface area contributed by atoms with Crippen LogP contribution in [-0.4, -0.2) is 43.5 Å². The summed E-state index contributed by atoms with van der Waals surface area (Å²) in [6.07, 6.45) is 7.02. The van der Waals surface area contributed by atoms with Crippen LogP contribution in [0.1, 0.15) is 19.3 Å². The van der Waals surface area contributed by atoms with E-state index >= 15 is 0 Å². The maximum atomic E-state index is 11.9. The highest BCUT2D eigenvalue weighted by Gasteiger charge is 2.23. The normalized spacial score (nSPS) is 30.7. The van der Waals surface area contributed by atoms with Gasteiger partial charge in [-0.1, -0.05) is 12.2 Å². The van der Waals surface area contributed by atoms with Crippen molar-refractivity contribution in [2.24, 2.45) is 17.6 Å². The number of nitrogens with zero attached hydrogens (tertiary/aromatic N) is 1. The van der Waals surface area contributed by atoms with E-state index in [2.05, 4.69) is 17.3 Å². The summed E-state index contributed by atoms with van der Waals surface area (Å²) in [5.74, 6) is 0.790. The fourth-order valence-corrected chi connectivity index (χ4v) is 2.56. The van der Waals surface area contributed by atoms with Crippen LogP contribution >= 0.6 is 0 Å². The summed E-state index contributed by atoms with van der Waals surface area (Å²) < 4.78 is 0. The molecular weight excluding hydrogens is 214 g/mol. The van der Waals surface area contributed by atoms with E-state index in [1.807, 2.05) is 12.2 Å². The van der Waals surface area contributed by atoms with Gasteiger partial charge < -0.3 is 16.0 Å². The highest BCUT2D eigenvalue weighted by Crippen LogP contribution is 2.18. The van der Waals surface area contributed by atoms with Gasteiger partial charge in [0.2, 0.25) is 5.91 Å². The lowest BCUT2D eigenvalue weighted by atomic mass is 9.97. The monoisotopic (exact) mass is 237 g/mol. The first-order valence-electron chi connectivity index (χ1n) is 6.55. The van der Waals surface area contributed by atoms with E-state index in [4.69, 9.17) is 5.73 Å². The predicted octanol–water partition coefficient (Wildman–Crippen LogP) is 0.348. The minimum Gasteiger partial charge on any atom is -0.355 e. The van der Waals surface area contributed by atoms with E-state index in [1.165, 1.54) is 12.8 Å². The van der Waals surface area contributed by atoms with Crippen molar-refractivity contribution in [3.8, 4) is 0 Å². The summed E-state index contributed by atoms with van der Waals surface area (Å²) in [4.78, 5) is 14.2. The molecular formula is C13H23N3O. The molecule has 3 N–H and O–H groups in total. The van der Waals surface area contributed by atoms with Crippen molar-refractivity contribution in [1.82, 2.24) is 10.2 Å². The van der Waals surface area contributed by atoms with Gasteiger partial charge in [0.15, 0.2) is 0 Å². The Labute approximate surface area is 103 Å². The van der Waals surface area contributed by atoms with E-state index in [0.29, 0.717) is 5.92 Å². The Bertz CT molecular complexity index is 295. The van der Waals surface area contributed by atoms with Gasteiger partial charge in [0.05, 0.1) is 5.92 Å². The summed E-state index contributed by atoms with van der Waals surface area (Å²) in [6.45, 7) is 3.12. The lowest BCUT2D eigenvalue weighted by molar-refractivity contribution is -0.123. The minimum atomic E-state index is -0.00346. The molecule has 1 aliphatic carbocycles. The minimum absolute atomic E-state index is 0.00346. The number of piperidine rings is 1. The van der Waals surface area contributed by atoms with Gasteiger partial charge in [-0.05, 0) is 45.3 Å². The van der Waals surface area contributed by atoms with Crippen LogP contribution in [0.4, 0.5) is 0 Å². The first kappa shape index (κ1) is 12.6. The van der Waals surface area contributed by atoms with Gasteiger partial charge in [0.1, 0.15) is 0 Å². The van der Waals surface area contributed by atoms with Gasteiger partial charge in [-0.15, -0.1) is 0 Å². The van der Waals surface area contributed by atoms with Crippen LogP contribution in [0.5, 0.6) is 0 Å². The fourth-order valence-electron chi connectivity index (χ4n) is 2.56. The van der Waals surface area contributed by atoms with E-state index in [1.54, 1.807) is 0 Å². The number of nitrogens with two attached hydrogens (primary N) is 1. The molecule has 1 heterocycles. The van der Waals surface area contributed by atoms with Crippen LogP contribution < -0.4 is 11.1 Å². The molecule has 1 aliphatic heterocycles. The van der Waals surface area contributed by atoms with E-state index in [0.717, 1.165) is 26.1 Å². The molecule has 0 radical (unpaired) electrons. The van der Waals surface area contributed by atoms with Crippen LogP contribution in [-0.2, 0) is 4.79 Å². The van der Waals surface area contributed by atoms with Gasteiger partial charge in [0, 0.05) is 12.6 Å². The Morgan fingerprint density at radius 3 is 2.71 bits per heavy atom. The molecule has 1 amide bonds. The molecule has 1 fully saturated rings. The topological polar surface area (TPSA) is 58.4 Å². The van der Waals surface area contributed by atoms with Crippen molar-refractivity contribution in [2.45, 2.75) is 25.3 Å². The molecule has 2 unspecified atom stereocenters. The van der Waals surface area contributed by atoms with E-state index in [9.17, 15) is 4.79 Å². The molecule has 0 bridgehead atoms. The zero-order valence-corrected chi connectivity index (χ0v) is 10.6. The lowest BCUT2D eigenvalue weighted by Gasteiger charge is -2.29. The third kappa shape index (κ3) is 3.54. The molecule has 2 aliphatic rings. The largest absolute Gasteiger partial charge is 0.355 e. The SMILES string of the molecule is CN1CCC(CNC(=O)C2C=CC(N)C2)CC1. The van der Waals surface area contributed by atoms with Crippen molar-refractivity contribution < 1.29 is 4.79 Å². The van der Waals surface area contributed by atoms with Crippen LogP contribution in [0.3, 0.4) is 0 Å². The molecule has 4 heteroatoms. The first-order chi connectivity index (χ1) is 8.15. The molecule has 1 saturated heterocycles. The molecule has 0 aromatic carbocycles. The Hall–Kier alpha value is -0.870. The molecule has 96 valence electrons. The number of hydrogen-bond donors (Lipinski definition) is 2.